The van der Waals surface area contributed by atoms with E-state index >= 15 is 0 Å². The molecule has 4 fully saturated rings. The maximum Gasteiger partial charge on any atom is 0.335 e. The number of likely N-dealkylation sites (N-methyl/N-ethyl adjacent to an activating group) is 1. The van der Waals surface area contributed by atoms with Gasteiger partial charge in [-0.25, -0.2) is 4.79 Å². The van der Waals surface area contributed by atoms with Crippen LogP contribution in [0.3, 0.4) is 0 Å². The maximum atomic E-state index is 14.3. The van der Waals surface area contributed by atoms with Gasteiger partial charge in [-0.2, -0.15) is 0 Å². The summed E-state index contributed by atoms with van der Waals surface area (Å²) in [5.41, 5.74) is 2.74. The molecule has 16 heteroatoms. The van der Waals surface area contributed by atoms with Crippen LogP contribution in [0.15, 0.2) is 89.6 Å². The molecule has 2 bridgehead atoms. The van der Waals surface area contributed by atoms with Crippen LogP contribution in [0.1, 0.15) is 97.9 Å². The molecule has 1 aromatic rings. The first-order chi connectivity index (χ1) is 33.8. The molecule has 16 nitrogen and oxygen atoms in total. The Balaban J connectivity index is 0.000000741. The molecule has 0 aromatic heterocycles. The Morgan fingerprint density at radius 2 is 1.59 bits per heavy atom. The lowest BCUT2D eigenvalue weighted by Crippen LogP contribution is -2.58. The number of ether oxygens (including phenoxy) is 10. The number of aliphatic hydroxyl groups is 2. The van der Waals surface area contributed by atoms with E-state index in [1.54, 1.807) is 44.6 Å². The summed E-state index contributed by atoms with van der Waals surface area (Å²) in [6.45, 7) is 16.4. The van der Waals surface area contributed by atoms with E-state index in [0.29, 0.717) is 24.0 Å². The van der Waals surface area contributed by atoms with E-state index in [9.17, 15) is 19.8 Å². The smallest absolute Gasteiger partial charge is 0.335 e. The number of nitrogens with one attached hydrogen (secondary N) is 1. The molecular formula is C55H79NO15. The topological polar surface area (TPSA) is 199 Å². The van der Waals surface area contributed by atoms with Crippen molar-refractivity contribution < 1.29 is 72.3 Å². The summed E-state index contributed by atoms with van der Waals surface area (Å²) in [7, 11) is 5.29. The second-order valence-electron chi connectivity index (χ2n) is 20.9. The van der Waals surface area contributed by atoms with Gasteiger partial charge in [-0.15, -0.1) is 0 Å². The number of fused-ring (bicyclic) bond motifs is 2. The summed E-state index contributed by atoms with van der Waals surface area (Å²) in [5, 5.41) is 35.3. The Morgan fingerprint density at radius 1 is 0.901 bits per heavy atom. The number of rotatable bonds is 9. The van der Waals surface area contributed by atoms with Crippen molar-refractivity contribution in [2.75, 3.05) is 27.9 Å². The van der Waals surface area contributed by atoms with Crippen molar-refractivity contribution in [2.24, 2.45) is 29.6 Å². The molecule has 0 saturated carbocycles. The summed E-state index contributed by atoms with van der Waals surface area (Å²) in [6.07, 6.45) is 9.64. The van der Waals surface area contributed by atoms with Gasteiger partial charge >= 0.3 is 11.9 Å². The van der Waals surface area contributed by atoms with Crippen molar-refractivity contribution in [3.63, 3.8) is 0 Å². The van der Waals surface area contributed by atoms with Crippen LogP contribution in [0.4, 0.5) is 0 Å². The van der Waals surface area contributed by atoms with E-state index in [4.69, 9.17) is 52.5 Å². The lowest BCUT2D eigenvalue weighted by atomic mass is 9.75. The standard InChI is InChI=1S/C48H73NO13.C7H6O2/c1-25(2)42-27(4)16-18-48(61-42)23-33-22-47(52,62-48)17-15-28(5)43(26(3)13-12-14-32-24-55-45-39(32)34(46(51)58-33)19-29(6)41(45)50)59-38-21-36(54-11)44(31(8)57-38)60-37-20-35(53-10)40(49-9)30(7)56-37;8-7(9)6-4-2-1-3-5-6/h12-16,18-19,25-27,30-31,33-45,49-50,52H,17,20-24H2,1-11H3;1-5H,(H,8,9)/b13-12+,28-15+,32-14+;/t26-,27-,30-,31-,33-,34+,35-,36-,37-,38-,39?,40+,41+,42+,43-,44?,45-,47+,48-;/m1./s1. The first-order valence-corrected chi connectivity index (χ1v) is 25.4. The molecule has 6 aliphatic heterocycles. The first kappa shape index (κ1) is 55.1. The number of esters is 1. The normalized spacial score (nSPS) is 43.7. The van der Waals surface area contributed by atoms with Gasteiger partial charge in [0.05, 0.1) is 66.9 Å². The highest BCUT2D eigenvalue weighted by molar-refractivity contribution is 5.87. The largest absolute Gasteiger partial charge is 0.478 e. The zero-order valence-corrected chi connectivity index (χ0v) is 43.3. The minimum atomic E-state index is -1.76. The van der Waals surface area contributed by atoms with Crippen LogP contribution in [-0.2, 0) is 52.2 Å². The second-order valence-corrected chi connectivity index (χ2v) is 20.9. The fraction of sp³-hybridized carbons (Fsp3) is 0.673. The lowest BCUT2D eigenvalue weighted by Gasteiger charge is -2.50. The Morgan fingerprint density at radius 3 is 2.25 bits per heavy atom. The second kappa shape index (κ2) is 23.7. The predicted molar refractivity (Wildman–Crippen MR) is 263 cm³/mol. The molecule has 394 valence electrons. The fourth-order valence-electron chi connectivity index (χ4n) is 11.5. The van der Waals surface area contributed by atoms with Crippen LogP contribution in [0.25, 0.3) is 0 Å². The van der Waals surface area contributed by atoms with Crippen LogP contribution >= 0.6 is 0 Å². The molecule has 71 heavy (non-hydrogen) atoms. The van der Waals surface area contributed by atoms with Gasteiger partial charge < -0.3 is 68.0 Å². The SMILES string of the molecule is CN[C@H]1[C@@H](C)O[C@H](OC2[C@@H](C)O[C@H](O[C@H]3/C(C)=C/C[C@@]4(O)C[C@H](C[C@@]5(C=C[C@@H](C)[C@H](C(C)C)O5)O4)OC(=O)[C@H]4C=C(C)[C@H](O)[C@@H]5OC/C(=C\C=C\[C@H]3C)C45)C[C@H]2OC)C[C@H]1OC.O=C(O)c1ccccc1. The quantitative estimate of drug-likeness (QED) is 0.149. The highest BCUT2D eigenvalue weighted by Gasteiger charge is 2.54. The van der Waals surface area contributed by atoms with Crippen molar-refractivity contribution in [2.45, 2.75) is 179 Å². The molecule has 0 radical (unpaired) electrons. The van der Waals surface area contributed by atoms with Gasteiger partial charge in [0.2, 0.25) is 0 Å². The summed E-state index contributed by atoms with van der Waals surface area (Å²) in [4.78, 5) is 24.5. The van der Waals surface area contributed by atoms with Crippen molar-refractivity contribution in [3.05, 3.63) is 95.1 Å². The molecule has 8 rings (SSSR count). The molecule has 0 amide bonds. The van der Waals surface area contributed by atoms with Crippen LogP contribution < -0.4 is 5.32 Å². The number of methoxy groups -OCH3 is 2. The van der Waals surface area contributed by atoms with Crippen LogP contribution in [0.5, 0.6) is 0 Å². The minimum absolute atomic E-state index is 0.0278. The lowest BCUT2D eigenvalue weighted by molar-refractivity contribution is -0.378. The molecule has 1 aromatic carbocycles. The molecular weight excluding hydrogens is 915 g/mol. The average molecular weight is 994 g/mol. The maximum absolute atomic E-state index is 14.3. The Kier molecular flexibility index (Phi) is 18.4. The zero-order valence-electron chi connectivity index (χ0n) is 43.3. The minimum Gasteiger partial charge on any atom is -0.478 e. The van der Waals surface area contributed by atoms with Gasteiger partial charge in [0, 0.05) is 64.1 Å². The molecule has 4 N–H and O–H groups in total. The van der Waals surface area contributed by atoms with Crippen LogP contribution in [0.2, 0.25) is 0 Å². The van der Waals surface area contributed by atoms with Gasteiger partial charge in [0.25, 0.3) is 0 Å². The van der Waals surface area contributed by atoms with E-state index in [-0.39, 0.29) is 74.1 Å². The number of carbonyl (C=O) groups is 2. The summed E-state index contributed by atoms with van der Waals surface area (Å²) >= 11 is 0. The highest BCUT2D eigenvalue weighted by atomic mass is 16.8. The number of carbonyl (C=O) groups excluding carboxylic acids is 1. The summed E-state index contributed by atoms with van der Waals surface area (Å²) < 4.78 is 64.1. The highest BCUT2D eigenvalue weighted by Crippen LogP contribution is 2.47. The Bertz CT molecular complexity index is 2130. The number of aromatic carboxylic acids is 1. The monoisotopic (exact) mass is 994 g/mol. The Labute approximate surface area is 419 Å². The van der Waals surface area contributed by atoms with E-state index < -0.39 is 84.6 Å². The van der Waals surface area contributed by atoms with Crippen LogP contribution in [0, 0.1) is 29.6 Å². The van der Waals surface area contributed by atoms with E-state index in [2.05, 4.69) is 45.2 Å². The molecule has 7 aliphatic rings. The number of carboxylic acid groups (broad SMARTS) is 1. The van der Waals surface area contributed by atoms with E-state index in [0.717, 1.165) is 11.1 Å². The van der Waals surface area contributed by atoms with Gasteiger partial charge in [-0.1, -0.05) is 82.4 Å². The molecule has 19 atom stereocenters. The zero-order chi connectivity index (χ0) is 51.4. The van der Waals surface area contributed by atoms with Crippen molar-refractivity contribution >= 4 is 11.9 Å². The van der Waals surface area contributed by atoms with Gasteiger partial charge in [-0.3, -0.25) is 4.79 Å². The number of allylic oxidation sites excluding steroid dienone is 2. The number of benzene rings is 1. The van der Waals surface area contributed by atoms with Gasteiger partial charge in [0.1, 0.15) is 18.3 Å². The van der Waals surface area contributed by atoms with Crippen molar-refractivity contribution in [1.29, 1.82) is 0 Å². The van der Waals surface area contributed by atoms with Gasteiger partial charge in [-0.05, 0) is 75.6 Å². The first-order valence-electron chi connectivity index (χ1n) is 25.4. The van der Waals surface area contributed by atoms with Crippen molar-refractivity contribution in [1.82, 2.24) is 5.32 Å². The third-order valence-corrected chi connectivity index (χ3v) is 15.3. The summed E-state index contributed by atoms with van der Waals surface area (Å²) in [5.74, 6) is -5.41. The number of hydrogen-bond acceptors (Lipinski definition) is 15. The summed E-state index contributed by atoms with van der Waals surface area (Å²) in [6, 6.07) is 8.34. The average Bonchev–Trinajstić information content (AvgIpc) is 3.76. The van der Waals surface area contributed by atoms with E-state index in [1.165, 1.54) is 0 Å². The number of carboxylic acids is 1. The number of hydrogen-bond donors (Lipinski definition) is 4. The molecule has 2 unspecified atom stereocenters. The molecule has 6 heterocycles. The van der Waals surface area contributed by atoms with Crippen molar-refractivity contribution in [3.8, 4) is 0 Å². The third kappa shape index (κ3) is 12.8. The fourth-order valence-corrected chi connectivity index (χ4v) is 11.5. The Hall–Kier alpha value is -3.62. The molecule has 1 spiro atoms. The third-order valence-electron chi connectivity index (χ3n) is 15.3. The van der Waals surface area contributed by atoms with Crippen LogP contribution in [-0.4, -0.2) is 146 Å². The molecule has 1 aliphatic carbocycles. The number of aliphatic hydroxyl groups excluding tert-OH is 1. The van der Waals surface area contributed by atoms with E-state index in [1.807, 2.05) is 65.1 Å². The predicted octanol–water partition coefficient (Wildman–Crippen LogP) is 6.80. The van der Waals surface area contributed by atoms with Gasteiger partial charge in [0.15, 0.2) is 24.2 Å². The molecule has 4 saturated heterocycles.